The fourth-order valence-corrected chi connectivity index (χ4v) is 1.67. The van der Waals surface area contributed by atoms with Gasteiger partial charge in [-0.25, -0.2) is 9.18 Å². The van der Waals surface area contributed by atoms with Crippen molar-refractivity contribution in [3.8, 4) is 5.75 Å². The summed E-state index contributed by atoms with van der Waals surface area (Å²) in [7, 11) is 0. The van der Waals surface area contributed by atoms with Gasteiger partial charge in [-0.3, -0.25) is 4.98 Å². The highest BCUT2D eigenvalue weighted by Gasteiger charge is 2.14. The molecule has 1 heterocycles. The zero-order chi connectivity index (χ0) is 14.5. The molecule has 0 atom stereocenters. The van der Waals surface area contributed by atoms with Crippen LogP contribution in [0.25, 0.3) is 0 Å². The highest BCUT2D eigenvalue weighted by Crippen LogP contribution is 2.25. The Morgan fingerprint density at radius 2 is 2.20 bits per heavy atom. The van der Waals surface area contributed by atoms with Crippen LogP contribution in [0.5, 0.6) is 5.75 Å². The van der Waals surface area contributed by atoms with Crippen LogP contribution in [-0.4, -0.2) is 22.7 Å². The SMILES string of the molecule is Nc1cc(C(=O)O)c(F)cc1OCCc1ccccn1. The molecule has 0 spiro atoms. The zero-order valence-corrected chi connectivity index (χ0v) is 10.5. The molecule has 0 saturated carbocycles. The summed E-state index contributed by atoms with van der Waals surface area (Å²) in [6.07, 6.45) is 2.22. The number of pyridine rings is 1. The van der Waals surface area contributed by atoms with Gasteiger partial charge in [-0.05, 0) is 18.2 Å². The first-order chi connectivity index (χ1) is 9.58. The maximum absolute atomic E-state index is 13.5. The lowest BCUT2D eigenvalue weighted by Gasteiger charge is -2.10. The number of nitrogen functional groups attached to an aromatic ring is 1. The van der Waals surface area contributed by atoms with Crippen molar-refractivity contribution in [1.82, 2.24) is 4.98 Å². The number of hydrogen-bond acceptors (Lipinski definition) is 4. The molecule has 104 valence electrons. The Kier molecular flexibility index (Phi) is 4.14. The molecule has 1 aromatic carbocycles. The van der Waals surface area contributed by atoms with Gasteiger partial charge < -0.3 is 15.6 Å². The Morgan fingerprint density at radius 1 is 1.40 bits per heavy atom. The highest BCUT2D eigenvalue weighted by atomic mass is 19.1. The molecule has 5 nitrogen and oxygen atoms in total. The second kappa shape index (κ2) is 6.01. The van der Waals surface area contributed by atoms with Gasteiger partial charge in [-0.15, -0.1) is 0 Å². The number of nitrogens with two attached hydrogens (primary N) is 1. The topological polar surface area (TPSA) is 85.4 Å². The molecule has 3 N–H and O–H groups in total. The Morgan fingerprint density at radius 3 is 2.85 bits per heavy atom. The number of hydrogen-bond donors (Lipinski definition) is 2. The molecule has 0 saturated heterocycles. The van der Waals surface area contributed by atoms with Crippen molar-refractivity contribution in [3.05, 3.63) is 53.6 Å². The lowest BCUT2D eigenvalue weighted by Crippen LogP contribution is -2.07. The lowest BCUT2D eigenvalue weighted by molar-refractivity contribution is 0.0692. The van der Waals surface area contributed by atoms with Crippen LogP contribution in [0.15, 0.2) is 36.5 Å². The predicted molar refractivity (Wildman–Crippen MR) is 71.2 cm³/mol. The molecule has 0 aliphatic heterocycles. The lowest BCUT2D eigenvalue weighted by atomic mass is 10.2. The van der Waals surface area contributed by atoms with Gasteiger partial charge in [0.2, 0.25) is 0 Å². The second-order valence-electron chi connectivity index (χ2n) is 4.09. The third-order valence-electron chi connectivity index (χ3n) is 2.67. The Bertz CT molecular complexity index is 617. The van der Waals surface area contributed by atoms with E-state index in [0.717, 1.165) is 17.8 Å². The van der Waals surface area contributed by atoms with E-state index < -0.39 is 17.3 Å². The first-order valence-corrected chi connectivity index (χ1v) is 5.93. The fraction of sp³-hybridized carbons (Fsp3) is 0.143. The van der Waals surface area contributed by atoms with E-state index in [1.54, 1.807) is 6.20 Å². The van der Waals surface area contributed by atoms with Crippen molar-refractivity contribution < 1.29 is 19.0 Å². The quantitative estimate of drug-likeness (QED) is 0.817. The minimum atomic E-state index is -1.37. The summed E-state index contributed by atoms with van der Waals surface area (Å²) in [4.78, 5) is 14.9. The van der Waals surface area contributed by atoms with Crippen molar-refractivity contribution in [3.63, 3.8) is 0 Å². The number of nitrogens with zero attached hydrogens (tertiary/aromatic N) is 1. The summed E-state index contributed by atoms with van der Waals surface area (Å²) in [5.74, 6) is -2.11. The van der Waals surface area contributed by atoms with E-state index in [1.165, 1.54) is 0 Å². The largest absolute Gasteiger partial charge is 0.491 e. The number of rotatable bonds is 5. The minimum absolute atomic E-state index is 0.0878. The molecule has 20 heavy (non-hydrogen) atoms. The molecular formula is C14H13FN2O3. The third kappa shape index (κ3) is 3.23. The van der Waals surface area contributed by atoms with Gasteiger partial charge in [0, 0.05) is 24.4 Å². The van der Waals surface area contributed by atoms with Crippen molar-refractivity contribution in [2.75, 3.05) is 12.3 Å². The van der Waals surface area contributed by atoms with Gasteiger partial charge in [0.15, 0.2) is 0 Å². The monoisotopic (exact) mass is 276 g/mol. The molecule has 0 unspecified atom stereocenters. The Labute approximate surface area is 114 Å². The van der Waals surface area contributed by atoms with E-state index in [-0.39, 0.29) is 18.0 Å². The average molecular weight is 276 g/mol. The van der Waals surface area contributed by atoms with Crippen LogP contribution in [0, 0.1) is 5.82 Å². The summed E-state index contributed by atoms with van der Waals surface area (Å²) in [6, 6.07) is 7.55. The van der Waals surface area contributed by atoms with Gasteiger partial charge >= 0.3 is 5.97 Å². The maximum atomic E-state index is 13.5. The van der Waals surface area contributed by atoms with Crippen LogP contribution in [0.1, 0.15) is 16.1 Å². The number of anilines is 1. The molecule has 6 heteroatoms. The second-order valence-corrected chi connectivity index (χ2v) is 4.09. The van der Waals surface area contributed by atoms with Gasteiger partial charge in [0.1, 0.15) is 11.6 Å². The number of carbonyl (C=O) groups is 1. The molecule has 0 bridgehead atoms. The Balaban J connectivity index is 2.03. The van der Waals surface area contributed by atoms with Crippen LogP contribution in [0.4, 0.5) is 10.1 Å². The summed E-state index contributed by atoms with van der Waals surface area (Å²) in [5.41, 5.74) is 6.09. The predicted octanol–water partition coefficient (Wildman–Crippen LogP) is 2.12. The van der Waals surface area contributed by atoms with Crippen molar-refractivity contribution in [1.29, 1.82) is 0 Å². The summed E-state index contributed by atoms with van der Waals surface area (Å²) >= 11 is 0. The van der Waals surface area contributed by atoms with Gasteiger partial charge in [0.25, 0.3) is 0 Å². The third-order valence-corrected chi connectivity index (χ3v) is 2.67. The van der Waals surface area contributed by atoms with E-state index in [0.29, 0.717) is 6.42 Å². The van der Waals surface area contributed by atoms with Crippen LogP contribution < -0.4 is 10.5 Å². The minimum Gasteiger partial charge on any atom is -0.491 e. The summed E-state index contributed by atoms with van der Waals surface area (Å²) in [6.45, 7) is 0.271. The summed E-state index contributed by atoms with van der Waals surface area (Å²) < 4.78 is 18.9. The van der Waals surface area contributed by atoms with E-state index >= 15 is 0 Å². The van der Waals surface area contributed by atoms with Crippen molar-refractivity contribution >= 4 is 11.7 Å². The van der Waals surface area contributed by atoms with Crippen molar-refractivity contribution in [2.24, 2.45) is 0 Å². The van der Waals surface area contributed by atoms with E-state index in [4.69, 9.17) is 15.6 Å². The first-order valence-electron chi connectivity index (χ1n) is 5.93. The van der Waals surface area contributed by atoms with E-state index in [9.17, 15) is 9.18 Å². The van der Waals surface area contributed by atoms with Gasteiger partial charge in [-0.1, -0.05) is 6.07 Å². The number of carboxylic acid groups (broad SMARTS) is 1. The van der Waals surface area contributed by atoms with Crippen LogP contribution >= 0.6 is 0 Å². The van der Waals surface area contributed by atoms with Crippen molar-refractivity contribution in [2.45, 2.75) is 6.42 Å². The van der Waals surface area contributed by atoms with E-state index in [2.05, 4.69) is 4.98 Å². The number of aromatic carboxylic acids is 1. The molecule has 0 radical (unpaired) electrons. The smallest absolute Gasteiger partial charge is 0.338 e. The molecule has 0 amide bonds. The van der Waals surface area contributed by atoms with Crippen LogP contribution in [0.3, 0.4) is 0 Å². The average Bonchev–Trinajstić information content (AvgIpc) is 2.43. The number of aromatic nitrogens is 1. The number of halogens is 1. The zero-order valence-electron chi connectivity index (χ0n) is 10.5. The van der Waals surface area contributed by atoms with Gasteiger partial charge in [-0.2, -0.15) is 0 Å². The molecule has 0 fully saturated rings. The van der Waals surface area contributed by atoms with E-state index in [1.807, 2.05) is 18.2 Å². The standard InChI is InChI=1S/C14H13FN2O3/c15-11-8-13(12(16)7-10(11)14(18)19)20-6-4-9-3-1-2-5-17-9/h1-3,5,7-8H,4,6,16H2,(H,18,19). The Hall–Kier alpha value is -2.63. The molecule has 0 aliphatic carbocycles. The maximum Gasteiger partial charge on any atom is 0.338 e. The molecule has 2 rings (SSSR count). The number of ether oxygens (including phenoxy) is 1. The molecule has 0 aliphatic rings. The van der Waals surface area contributed by atoms with Crippen LogP contribution in [-0.2, 0) is 6.42 Å². The normalized spacial score (nSPS) is 10.2. The first kappa shape index (κ1) is 13.8. The molecular weight excluding hydrogens is 263 g/mol. The fourth-order valence-electron chi connectivity index (χ4n) is 1.67. The number of benzene rings is 1. The molecule has 1 aromatic heterocycles. The van der Waals surface area contributed by atoms with Gasteiger partial charge in [0.05, 0.1) is 17.9 Å². The molecule has 2 aromatic rings. The van der Waals surface area contributed by atoms with Crippen LogP contribution in [0.2, 0.25) is 0 Å². The number of carboxylic acids is 1. The summed E-state index contributed by atoms with van der Waals surface area (Å²) in [5, 5.41) is 8.76. The highest BCUT2D eigenvalue weighted by molar-refractivity contribution is 5.89.